The van der Waals surface area contributed by atoms with Crippen molar-refractivity contribution >= 4 is 27.6 Å². The first kappa shape index (κ1) is 19.3. The number of para-hydroxylation sites is 2. The molecule has 0 aliphatic heterocycles. The fourth-order valence-electron chi connectivity index (χ4n) is 2.04. The second-order valence-electron chi connectivity index (χ2n) is 5.09. The van der Waals surface area contributed by atoms with Crippen molar-refractivity contribution in [2.24, 2.45) is 0 Å². The van der Waals surface area contributed by atoms with Crippen LogP contribution >= 0.6 is 0 Å². The van der Waals surface area contributed by atoms with E-state index < -0.39 is 21.9 Å². The number of hydrogen-bond acceptors (Lipinski definition) is 6. The Morgan fingerprint density at radius 2 is 1.65 bits per heavy atom. The molecule has 1 amide bonds. The Morgan fingerprint density at radius 3 is 2.27 bits per heavy atom. The highest BCUT2D eigenvalue weighted by Crippen LogP contribution is 2.26. The van der Waals surface area contributed by atoms with Gasteiger partial charge in [-0.15, -0.1) is 0 Å². The average Bonchev–Trinajstić information content (AvgIpc) is 2.66. The van der Waals surface area contributed by atoms with E-state index in [0.29, 0.717) is 11.4 Å². The van der Waals surface area contributed by atoms with Crippen LogP contribution in [-0.4, -0.2) is 41.1 Å². The van der Waals surface area contributed by atoms with E-state index >= 15 is 0 Å². The number of nitrogens with one attached hydrogen (secondary N) is 2. The third-order valence-corrected chi connectivity index (χ3v) is 4.78. The van der Waals surface area contributed by atoms with Gasteiger partial charge < -0.3 is 14.8 Å². The number of benzene rings is 2. The summed E-state index contributed by atoms with van der Waals surface area (Å²) >= 11 is 0. The molecule has 2 N–H and O–H groups in total. The van der Waals surface area contributed by atoms with Crippen molar-refractivity contribution < 1.29 is 27.5 Å². The SMILES string of the molecule is COC(=O)CNC(=O)c1ccc(S(=O)(=O)Nc2ccccc2OC)cc1. The van der Waals surface area contributed by atoms with Gasteiger partial charge in [0.25, 0.3) is 15.9 Å². The lowest BCUT2D eigenvalue weighted by Crippen LogP contribution is -2.30. The molecular formula is C17H18N2O6S. The van der Waals surface area contributed by atoms with Crippen molar-refractivity contribution in [3.05, 3.63) is 54.1 Å². The number of ether oxygens (including phenoxy) is 2. The fourth-order valence-corrected chi connectivity index (χ4v) is 3.12. The van der Waals surface area contributed by atoms with E-state index in [4.69, 9.17) is 4.74 Å². The van der Waals surface area contributed by atoms with Gasteiger partial charge >= 0.3 is 5.97 Å². The van der Waals surface area contributed by atoms with Crippen LogP contribution in [0.5, 0.6) is 5.75 Å². The molecule has 0 aromatic heterocycles. The lowest BCUT2D eigenvalue weighted by atomic mass is 10.2. The Balaban J connectivity index is 2.13. The van der Waals surface area contributed by atoms with Crippen molar-refractivity contribution in [1.29, 1.82) is 0 Å². The Morgan fingerprint density at radius 1 is 1.00 bits per heavy atom. The molecular weight excluding hydrogens is 360 g/mol. The molecule has 2 rings (SSSR count). The summed E-state index contributed by atoms with van der Waals surface area (Å²) in [7, 11) is -1.20. The molecule has 26 heavy (non-hydrogen) atoms. The first-order valence-corrected chi connectivity index (χ1v) is 8.96. The van der Waals surface area contributed by atoms with Gasteiger partial charge in [-0.25, -0.2) is 8.42 Å². The molecule has 0 atom stereocenters. The second-order valence-corrected chi connectivity index (χ2v) is 6.77. The molecule has 0 saturated carbocycles. The van der Waals surface area contributed by atoms with Crippen LogP contribution in [0.15, 0.2) is 53.4 Å². The van der Waals surface area contributed by atoms with Crippen LogP contribution in [0, 0.1) is 0 Å². The molecule has 0 saturated heterocycles. The minimum Gasteiger partial charge on any atom is -0.495 e. The van der Waals surface area contributed by atoms with E-state index in [1.165, 1.54) is 38.5 Å². The lowest BCUT2D eigenvalue weighted by Gasteiger charge is -2.12. The van der Waals surface area contributed by atoms with Crippen LogP contribution in [0.2, 0.25) is 0 Å². The van der Waals surface area contributed by atoms with Crippen LogP contribution in [0.25, 0.3) is 0 Å². The zero-order valence-electron chi connectivity index (χ0n) is 14.2. The normalized spacial score (nSPS) is 10.7. The fraction of sp³-hybridized carbons (Fsp3) is 0.176. The molecule has 9 heteroatoms. The maximum absolute atomic E-state index is 12.5. The summed E-state index contributed by atoms with van der Waals surface area (Å²) in [5.41, 5.74) is 0.514. The predicted molar refractivity (Wildman–Crippen MR) is 94.6 cm³/mol. The summed E-state index contributed by atoms with van der Waals surface area (Å²) in [6.45, 7) is -0.273. The van der Waals surface area contributed by atoms with E-state index in [1.807, 2.05) is 0 Å². The third kappa shape index (κ3) is 4.73. The molecule has 0 radical (unpaired) electrons. The molecule has 8 nitrogen and oxygen atoms in total. The van der Waals surface area contributed by atoms with Crippen LogP contribution in [0.4, 0.5) is 5.69 Å². The number of hydrogen-bond donors (Lipinski definition) is 2. The molecule has 0 aliphatic carbocycles. The number of esters is 1. The van der Waals surface area contributed by atoms with Gasteiger partial charge in [0, 0.05) is 5.56 Å². The summed E-state index contributed by atoms with van der Waals surface area (Å²) < 4.78 is 36.9. The van der Waals surface area contributed by atoms with E-state index in [1.54, 1.807) is 24.3 Å². The van der Waals surface area contributed by atoms with E-state index in [9.17, 15) is 18.0 Å². The number of rotatable bonds is 7. The van der Waals surface area contributed by atoms with Crippen LogP contribution in [0.3, 0.4) is 0 Å². The molecule has 0 heterocycles. The molecule has 2 aromatic carbocycles. The smallest absolute Gasteiger partial charge is 0.325 e. The van der Waals surface area contributed by atoms with Crippen LogP contribution in [0.1, 0.15) is 10.4 Å². The predicted octanol–water partition coefficient (Wildman–Crippen LogP) is 1.40. The van der Waals surface area contributed by atoms with Gasteiger partial charge in [0.15, 0.2) is 0 Å². The minimum absolute atomic E-state index is 0.0204. The zero-order valence-corrected chi connectivity index (χ0v) is 15.0. The first-order chi connectivity index (χ1) is 12.4. The summed E-state index contributed by atoms with van der Waals surface area (Å²) in [5.74, 6) is -0.717. The van der Waals surface area contributed by atoms with Gasteiger partial charge in [-0.2, -0.15) is 0 Å². The summed E-state index contributed by atoms with van der Waals surface area (Å²) in [5, 5.41) is 2.37. The van der Waals surface area contributed by atoms with Gasteiger partial charge in [-0.1, -0.05) is 12.1 Å². The molecule has 0 bridgehead atoms. The molecule has 138 valence electrons. The number of amides is 1. The van der Waals surface area contributed by atoms with Crippen molar-refractivity contribution in [3.8, 4) is 5.75 Å². The number of sulfonamides is 1. The highest BCUT2D eigenvalue weighted by atomic mass is 32.2. The Labute approximate surface area is 151 Å². The molecule has 0 unspecified atom stereocenters. The number of anilines is 1. The summed E-state index contributed by atoms with van der Waals surface area (Å²) in [6.07, 6.45) is 0. The first-order valence-electron chi connectivity index (χ1n) is 7.48. The van der Waals surface area contributed by atoms with Crippen molar-refractivity contribution in [2.45, 2.75) is 4.90 Å². The Kier molecular flexibility index (Phi) is 6.18. The van der Waals surface area contributed by atoms with Gasteiger partial charge in [0.2, 0.25) is 0 Å². The average molecular weight is 378 g/mol. The van der Waals surface area contributed by atoms with Crippen LogP contribution in [-0.2, 0) is 19.6 Å². The van der Waals surface area contributed by atoms with Gasteiger partial charge in [-0.05, 0) is 36.4 Å². The largest absolute Gasteiger partial charge is 0.495 e. The quantitative estimate of drug-likeness (QED) is 0.705. The van der Waals surface area contributed by atoms with Gasteiger partial charge in [0.1, 0.15) is 12.3 Å². The highest BCUT2D eigenvalue weighted by molar-refractivity contribution is 7.92. The standard InChI is InChI=1S/C17H18N2O6S/c1-24-15-6-4-3-5-14(15)19-26(22,23)13-9-7-12(8-10-13)17(21)18-11-16(20)25-2/h3-10,19H,11H2,1-2H3,(H,18,21). The van der Waals surface area contributed by atoms with E-state index in [0.717, 1.165) is 0 Å². The topological polar surface area (TPSA) is 111 Å². The summed E-state index contributed by atoms with van der Waals surface area (Å²) in [6, 6.07) is 11.9. The third-order valence-electron chi connectivity index (χ3n) is 3.40. The van der Waals surface area contributed by atoms with Gasteiger partial charge in [0.05, 0.1) is 24.8 Å². The van der Waals surface area contributed by atoms with E-state index in [-0.39, 0.29) is 17.0 Å². The minimum atomic E-state index is -3.85. The van der Waals surface area contributed by atoms with Crippen molar-refractivity contribution in [1.82, 2.24) is 5.32 Å². The summed E-state index contributed by atoms with van der Waals surface area (Å²) in [4.78, 5) is 22.9. The number of methoxy groups -OCH3 is 2. The highest BCUT2D eigenvalue weighted by Gasteiger charge is 2.17. The monoisotopic (exact) mass is 378 g/mol. The number of carbonyl (C=O) groups excluding carboxylic acids is 2. The van der Waals surface area contributed by atoms with Crippen molar-refractivity contribution in [2.75, 3.05) is 25.5 Å². The zero-order chi connectivity index (χ0) is 19.2. The van der Waals surface area contributed by atoms with Crippen LogP contribution < -0.4 is 14.8 Å². The second kappa shape index (κ2) is 8.34. The molecule has 0 fully saturated rings. The van der Waals surface area contributed by atoms with Gasteiger partial charge in [-0.3, -0.25) is 14.3 Å². The van der Waals surface area contributed by atoms with Crippen molar-refractivity contribution in [3.63, 3.8) is 0 Å². The maximum Gasteiger partial charge on any atom is 0.325 e. The molecule has 0 aliphatic rings. The lowest BCUT2D eigenvalue weighted by molar-refractivity contribution is -0.139. The number of carbonyl (C=O) groups is 2. The Hall–Kier alpha value is -3.07. The van der Waals surface area contributed by atoms with E-state index in [2.05, 4.69) is 14.8 Å². The molecule has 2 aromatic rings. The maximum atomic E-state index is 12.5. The molecule has 0 spiro atoms. The Bertz CT molecular complexity index is 894.